The number of hydrogen-bond donors (Lipinski definition) is 1. The van der Waals surface area contributed by atoms with E-state index in [9.17, 15) is 0 Å². The van der Waals surface area contributed by atoms with Gasteiger partial charge in [-0.1, -0.05) is 12.5 Å². The van der Waals surface area contributed by atoms with Gasteiger partial charge in [-0.25, -0.2) is 0 Å². The van der Waals surface area contributed by atoms with Gasteiger partial charge >= 0.3 is 0 Å². The smallest absolute Gasteiger partial charge is 0.0406 e. The maximum atomic E-state index is 4.47. The first-order valence-electron chi connectivity index (χ1n) is 6.54. The van der Waals surface area contributed by atoms with Gasteiger partial charge in [-0.15, -0.1) is 0 Å². The number of hydrogen-bond acceptors (Lipinski definition) is 2. The van der Waals surface area contributed by atoms with Gasteiger partial charge < -0.3 is 5.32 Å². The van der Waals surface area contributed by atoms with Gasteiger partial charge in [0.15, 0.2) is 0 Å². The SMILES string of the molecule is c1ccc(C[C@H]2CCC[C@@H]3CNC[C@@H]32)nc1. The number of aromatic nitrogens is 1. The Balaban J connectivity index is 1.70. The number of fused-ring (bicyclic) bond motifs is 1. The summed E-state index contributed by atoms with van der Waals surface area (Å²) in [6, 6.07) is 6.28. The number of nitrogens with zero attached hydrogens (tertiary/aromatic N) is 1. The van der Waals surface area contributed by atoms with Crippen molar-refractivity contribution in [3.63, 3.8) is 0 Å². The molecule has 2 nitrogen and oxygen atoms in total. The van der Waals surface area contributed by atoms with Crippen LogP contribution in [0.15, 0.2) is 24.4 Å². The second kappa shape index (κ2) is 4.54. The molecule has 0 radical (unpaired) electrons. The van der Waals surface area contributed by atoms with Crippen molar-refractivity contribution < 1.29 is 0 Å². The van der Waals surface area contributed by atoms with Crippen LogP contribution in [-0.4, -0.2) is 18.1 Å². The third-order valence-corrected chi connectivity index (χ3v) is 4.34. The van der Waals surface area contributed by atoms with E-state index in [2.05, 4.69) is 22.4 Å². The zero-order valence-corrected chi connectivity index (χ0v) is 9.73. The molecule has 1 aromatic rings. The first-order chi connectivity index (χ1) is 7.93. The average Bonchev–Trinajstić information content (AvgIpc) is 2.80. The molecule has 1 aliphatic carbocycles. The van der Waals surface area contributed by atoms with E-state index in [4.69, 9.17) is 0 Å². The standard InChI is InChI=1S/C14H20N2/c1-2-7-16-13(6-1)8-11-4-3-5-12-9-15-10-14(11)12/h1-2,6-7,11-12,14-15H,3-5,8-10H2/t11-,12-,14-/m1/s1. The molecule has 1 aromatic heterocycles. The molecule has 1 N–H and O–H groups in total. The molecule has 1 saturated carbocycles. The van der Waals surface area contributed by atoms with Gasteiger partial charge in [0.25, 0.3) is 0 Å². The largest absolute Gasteiger partial charge is 0.316 e. The molecule has 0 unspecified atom stereocenters. The minimum absolute atomic E-state index is 0.864. The van der Waals surface area contributed by atoms with Crippen LogP contribution in [0.1, 0.15) is 25.0 Å². The molecule has 2 aliphatic rings. The Morgan fingerprint density at radius 3 is 3.12 bits per heavy atom. The lowest BCUT2D eigenvalue weighted by Crippen LogP contribution is -2.28. The van der Waals surface area contributed by atoms with E-state index in [-0.39, 0.29) is 0 Å². The van der Waals surface area contributed by atoms with Crippen molar-refractivity contribution in [3.8, 4) is 0 Å². The summed E-state index contributed by atoms with van der Waals surface area (Å²) in [5.41, 5.74) is 1.28. The molecule has 2 heteroatoms. The first kappa shape index (κ1) is 10.3. The number of pyridine rings is 1. The highest BCUT2D eigenvalue weighted by atomic mass is 14.9. The summed E-state index contributed by atoms with van der Waals surface area (Å²) in [5, 5.41) is 3.56. The Hall–Kier alpha value is -0.890. The van der Waals surface area contributed by atoms with Crippen LogP contribution in [-0.2, 0) is 6.42 Å². The van der Waals surface area contributed by atoms with Crippen LogP contribution < -0.4 is 5.32 Å². The summed E-state index contributed by atoms with van der Waals surface area (Å²) in [6.07, 6.45) is 7.36. The molecule has 0 spiro atoms. The lowest BCUT2D eigenvalue weighted by Gasteiger charge is -2.32. The second-order valence-electron chi connectivity index (χ2n) is 5.30. The highest BCUT2D eigenvalue weighted by Gasteiger charge is 2.36. The molecule has 16 heavy (non-hydrogen) atoms. The predicted molar refractivity (Wildman–Crippen MR) is 65.1 cm³/mol. The van der Waals surface area contributed by atoms with E-state index >= 15 is 0 Å². The van der Waals surface area contributed by atoms with Crippen molar-refractivity contribution in [3.05, 3.63) is 30.1 Å². The average molecular weight is 216 g/mol. The van der Waals surface area contributed by atoms with Gasteiger partial charge in [0.2, 0.25) is 0 Å². The van der Waals surface area contributed by atoms with Gasteiger partial charge in [0.1, 0.15) is 0 Å². The molecule has 3 rings (SSSR count). The zero-order valence-electron chi connectivity index (χ0n) is 9.73. The maximum absolute atomic E-state index is 4.47. The van der Waals surface area contributed by atoms with Crippen LogP contribution >= 0.6 is 0 Å². The second-order valence-corrected chi connectivity index (χ2v) is 5.30. The van der Waals surface area contributed by atoms with Gasteiger partial charge in [-0.3, -0.25) is 4.98 Å². The number of rotatable bonds is 2. The lowest BCUT2D eigenvalue weighted by molar-refractivity contribution is 0.197. The fourth-order valence-electron chi connectivity index (χ4n) is 3.52. The molecule has 0 amide bonds. The minimum atomic E-state index is 0.864. The fraction of sp³-hybridized carbons (Fsp3) is 0.643. The highest BCUT2D eigenvalue weighted by molar-refractivity contribution is 5.06. The molecule has 2 fully saturated rings. The Labute approximate surface area is 97.5 Å². The van der Waals surface area contributed by atoms with Crippen molar-refractivity contribution in [2.75, 3.05) is 13.1 Å². The molecule has 1 aliphatic heterocycles. The Morgan fingerprint density at radius 1 is 1.25 bits per heavy atom. The summed E-state index contributed by atoms with van der Waals surface area (Å²) in [7, 11) is 0. The topological polar surface area (TPSA) is 24.9 Å². The van der Waals surface area contributed by atoms with Crippen LogP contribution in [0.25, 0.3) is 0 Å². The highest BCUT2D eigenvalue weighted by Crippen LogP contribution is 2.38. The van der Waals surface area contributed by atoms with Gasteiger partial charge in [-0.2, -0.15) is 0 Å². The van der Waals surface area contributed by atoms with Crippen molar-refractivity contribution in [2.24, 2.45) is 17.8 Å². The normalized spacial score (nSPS) is 33.6. The summed E-state index contributed by atoms with van der Waals surface area (Å²) >= 11 is 0. The Morgan fingerprint density at radius 2 is 2.25 bits per heavy atom. The Kier molecular flexibility index (Phi) is 2.92. The lowest BCUT2D eigenvalue weighted by atomic mass is 9.72. The molecule has 3 atom stereocenters. The quantitative estimate of drug-likeness (QED) is 0.820. The zero-order chi connectivity index (χ0) is 10.8. The van der Waals surface area contributed by atoms with Gasteiger partial charge in [0.05, 0.1) is 0 Å². The Bertz CT molecular complexity index is 336. The van der Waals surface area contributed by atoms with Crippen LogP contribution in [0.3, 0.4) is 0 Å². The molecule has 86 valence electrons. The summed E-state index contributed by atoms with van der Waals surface area (Å²) in [6.45, 7) is 2.49. The minimum Gasteiger partial charge on any atom is -0.316 e. The van der Waals surface area contributed by atoms with Gasteiger partial charge in [0, 0.05) is 11.9 Å². The van der Waals surface area contributed by atoms with Crippen molar-refractivity contribution in [1.82, 2.24) is 10.3 Å². The van der Waals surface area contributed by atoms with Gasteiger partial charge in [-0.05, 0) is 62.2 Å². The maximum Gasteiger partial charge on any atom is 0.0406 e. The molecule has 0 aromatic carbocycles. The molecule has 1 saturated heterocycles. The third kappa shape index (κ3) is 1.99. The molecule has 0 bridgehead atoms. The predicted octanol–water partition coefficient (Wildman–Crippen LogP) is 2.26. The first-order valence-corrected chi connectivity index (χ1v) is 6.54. The molecule has 2 heterocycles. The van der Waals surface area contributed by atoms with E-state index in [1.165, 1.54) is 44.5 Å². The van der Waals surface area contributed by atoms with E-state index < -0.39 is 0 Å². The third-order valence-electron chi connectivity index (χ3n) is 4.34. The van der Waals surface area contributed by atoms with Crippen LogP contribution in [0.5, 0.6) is 0 Å². The summed E-state index contributed by atoms with van der Waals surface area (Å²) in [4.78, 5) is 4.47. The van der Waals surface area contributed by atoms with E-state index in [1.54, 1.807) is 0 Å². The summed E-state index contributed by atoms with van der Waals surface area (Å²) in [5.74, 6) is 2.72. The van der Waals surface area contributed by atoms with E-state index in [0.717, 1.165) is 17.8 Å². The van der Waals surface area contributed by atoms with Crippen molar-refractivity contribution in [2.45, 2.75) is 25.7 Å². The van der Waals surface area contributed by atoms with E-state index in [0.29, 0.717) is 0 Å². The van der Waals surface area contributed by atoms with Crippen LogP contribution in [0.2, 0.25) is 0 Å². The van der Waals surface area contributed by atoms with E-state index in [1.807, 2.05) is 12.3 Å². The molecular weight excluding hydrogens is 196 g/mol. The van der Waals surface area contributed by atoms with Crippen molar-refractivity contribution in [1.29, 1.82) is 0 Å². The fourth-order valence-corrected chi connectivity index (χ4v) is 3.52. The summed E-state index contributed by atoms with van der Waals surface area (Å²) < 4.78 is 0. The molecular formula is C14H20N2. The van der Waals surface area contributed by atoms with Crippen LogP contribution in [0.4, 0.5) is 0 Å². The number of nitrogens with one attached hydrogen (secondary N) is 1. The van der Waals surface area contributed by atoms with Crippen LogP contribution in [0, 0.1) is 17.8 Å². The van der Waals surface area contributed by atoms with Crippen molar-refractivity contribution >= 4 is 0 Å². The monoisotopic (exact) mass is 216 g/mol.